The average molecular weight is 399 g/mol. The summed E-state index contributed by atoms with van der Waals surface area (Å²) in [6.07, 6.45) is 12.2. The Labute approximate surface area is 193 Å². The summed E-state index contributed by atoms with van der Waals surface area (Å²) >= 11 is 0. The van der Waals surface area contributed by atoms with Crippen LogP contribution in [0.2, 0.25) is 0 Å². The van der Waals surface area contributed by atoms with Gasteiger partial charge in [-0.2, -0.15) is 0 Å². The van der Waals surface area contributed by atoms with Gasteiger partial charge in [0.25, 0.3) is 0 Å². The van der Waals surface area contributed by atoms with Crippen LogP contribution in [-0.4, -0.2) is 17.2 Å². The third-order valence-corrected chi connectivity index (χ3v) is 10.2. The molecule has 4 heteroatoms. The summed E-state index contributed by atoms with van der Waals surface area (Å²) in [7, 11) is 0. The summed E-state index contributed by atoms with van der Waals surface area (Å²) in [5.41, 5.74) is 0.853. The molecule has 4 fully saturated rings. The smallest absolute Gasteiger partial charge is 0.550 e. The average Bonchev–Trinajstić information content (AvgIpc) is 2.97. The molecular formula is C24H39NaO3. The summed E-state index contributed by atoms with van der Waals surface area (Å²) in [5, 5.41) is 21.1. The molecule has 28 heavy (non-hydrogen) atoms. The van der Waals surface area contributed by atoms with Gasteiger partial charge in [-0.1, -0.05) is 20.8 Å². The molecule has 4 rings (SSSR count). The van der Waals surface area contributed by atoms with Crippen molar-refractivity contribution in [2.45, 2.75) is 97.5 Å². The standard InChI is InChI=1S/C24H40O3.Na/c1-15(4-9-22(26)27)19-7-8-20-18-6-5-16-14-17(25)10-12-23(16,2)21(18)11-13-24(19,20)3;/h15-21,25H,4-14H2,1-3H3,(H,26,27);/q;+1/p-1/t15-,16-,17-,18?,19-,20?,21?,23+,24-;/m1./s1. The Kier molecular flexibility index (Phi) is 7.03. The van der Waals surface area contributed by atoms with Gasteiger partial charge in [-0.3, -0.25) is 0 Å². The molecule has 4 aliphatic carbocycles. The number of aliphatic carboxylic acids is 1. The molecule has 3 unspecified atom stereocenters. The summed E-state index contributed by atoms with van der Waals surface area (Å²) < 4.78 is 0. The Bertz CT molecular complexity index is 580. The molecule has 0 amide bonds. The van der Waals surface area contributed by atoms with Gasteiger partial charge in [-0.05, 0) is 117 Å². The summed E-state index contributed by atoms with van der Waals surface area (Å²) in [6, 6.07) is 0. The second-order valence-electron chi connectivity index (χ2n) is 11.2. The number of hydrogen-bond acceptors (Lipinski definition) is 3. The fourth-order valence-electron chi connectivity index (χ4n) is 8.76. The van der Waals surface area contributed by atoms with Crippen molar-refractivity contribution in [3.63, 3.8) is 0 Å². The van der Waals surface area contributed by atoms with E-state index in [1.807, 2.05) is 0 Å². The van der Waals surface area contributed by atoms with Crippen molar-refractivity contribution in [2.24, 2.45) is 46.3 Å². The van der Waals surface area contributed by atoms with Crippen LogP contribution in [0, 0.1) is 46.3 Å². The molecule has 0 saturated heterocycles. The summed E-state index contributed by atoms with van der Waals surface area (Å²) in [4.78, 5) is 10.9. The van der Waals surface area contributed by atoms with Gasteiger partial charge in [-0.15, -0.1) is 0 Å². The van der Waals surface area contributed by atoms with E-state index in [0.717, 1.165) is 42.9 Å². The van der Waals surface area contributed by atoms with Crippen LogP contribution in [0.15, 0.2) is 0 Å². The monoisotopic (exact) mass is 398 g/mol. The quantitative estimate of drug-likeness (QED) is 0.724. The molecular weight excluding hydrogens is 359 g/mol. The van der Waals surface area contributed by atoms with Gasteiger partial charge >= 0.3 is 29.6 Å². The van der Waals surface area contributed by atoms with Crippen molar-refractivity contribution >= 4 is 5.97 Å². The van der Waals surface area contributed by atoms with E-state index in [9.17, 15) is 15.0 Å². The number of carbonyl (C=O) groups is 1. The Morgan fingerprint density at radius 2 is 1.71 bits per heavy atom. The van der Waals surface area contributed by atoms with Crippen LogP contribution in [0.3, 0.4) is 0 Å². The van der Waals surface area contributed by atoms with E-state index >= 15 is 0 Å². The van der Waals surface area contributed by atoms with E-state index in [1.54, 1.807) is 0 Å². The molecule has 0 radical (unpaired) electrons. The number of hydrogen-bond donors (Lipinski definition) is 1. The Morgan fingerprint density at radius 1 is 1.04 bits per heavy atom. The molecule has 4 saturated carbocycles. The first-order valence-corrected chi connectivity index (χ1v) is 11.6. The Hall–Kier alpha value is 0.430. The SMILES string of the molecule is C[C@H](CCC(=O)[O-])[C@H]1CCC2C3CC[C@@H]4C[C@H](O)CC[C@]4(C)C3CC[C@@]21C.[Na+]. The second kappa shape index (κ2) is 8.52. The molecule has 1 N–H and O–H groups in total. The van der Waals surface area contributed by atoms with Crippen LogP contribution < -0.4 is 34.7 Å². The maximum atomic E-state index is 10.9. The minimum Gasteiger partial charge on any atom is -0.550 e. The van der Waals surface area contributed by atoms with Gasteiger partial charge in [0.2, 0.25) is 0 Å². The van der Waals surface area contributed by atoms with E-state index in [2.05, 4.69) is 20.8 Å². The van der Waals surface area contributed by atoms with Gasteiger partial charge in [0.05, 0.1) is 6.10 Å². The fraction of sp³-hybridized carbons (Fsp3) is 0.958. The van der Waals surface area contributed by atoms with E-state index in [-0.39, 0.29) is 42.1 Å². The molecule has 0 aromatic heterocycles. The Morgan fingerprint density at radius 3 is 2.43 bits per heavy atom. The van der Waals surface area contributed by atoms with Gasteiger partial charge in [-0.25, -0.2) is 0 Å². The molecule has 3 nitrogen and oxygen atoms in total. The van der Waals surface area contributed by atoms with Crippen molar-refractivity contribution in [1.82, 2.24) is 0 Å². The number of rotatable bonds is 4. The first kappa shape index (κ1) is 23.1. The minimum atomic E-state index is -0.893. The third-order valence-electron chi connectivity index (χ3n) is 10.2. The van der Waals surface area contributed by atoms with E-state index in [0.29, 0.717) is 22.7 Å². The molecule has 0 heterocycles. The Balaban J connectivity index is 0.00000225. The number of carbonyl (C=O) groups excluding carboxylic acids is 1. The summed E-state index contributed by atoms with van der Waals surface area (Å²) in [5.74, 6) is 3.55. The van der Waals surface area contributed by atoms with Crippen LogP contribution >= 0.6 is 0 Å². The number of aliphatic hydroxyl groups is 1. The van der Waals surface area contributed by atoms with E-state index in [1.165, 1.54) is 44.9 Å². The fourth-order valence-corrected chi connectivity index (χ4v) is 8.76. The largest absolute Gasteiger partial charge is 1.00 e. The first-order valence-electron chi connectivity index (χ1n) is 11.6. The van der Waals surface area contributed by atoms with Crippen LogP contribution in [0.4, 0.5) is 0 Å². The predicted molar refractivity (Wildman–Crippen MR) is 105 cm³/mol. The van der Waals surface area contributed by atoms with Crippen molar-refractivity contribution in [3.8, 4) is 0 Å². The van der Waals surface area contributed by atoms with Crippen molar-refractivity contribution in [2.75, 3.05) is 0 Å². The molecule has 0 aromatic rings. The van der Waals surface area contributed by atoms with Crippen molar-refractivity contribution < 1.29 is 44.6 Å². The van der Waals surface area contributed by atoms with E-state index in [4.69, 9.17) is 0 Å². The number of carboxylic acids is 1. The van der Waals surface area contributed by atoms with Crippen LogP contribution in [-0.2, 0) is 4.79 Å². The number of fused-ring (bicyclic) bond motifs is 5. The van der Waals surface area contributed by atoms with Crippen molar-refractivity contribution in [1.29, 1.82) is 0 Å². The summed E-state index contributed by atoms with van der Waals surface area (Å²) in [6.45, 7) is 7.38. The molecule has 0 aliphatic heterocycles. The molecule has 154 valence electrons. The molecule has 0 aromatic carbocycles. The maximum absolute atomic E-state index is 10.9. The number of carboxylic acid groups (broad SMARTS) is 1. The normalized spacial score (nSPS) is 48.6. The minimum absolute atomic E-state index is 0. The van der Waals surface area contributed by atoms with Gasteiger partial charge in [0, 0.05) is 5.97 Å². The van der Waals surface area contributed by atoms with Crippen LogP contribution in [0.5, 0.6) is 0 Å². The van der Waals surface area contributed by atoms with Gasteiger partial charge in [0.15, 0.2) is 0 Å². The van der Waals surface area contributed by atoms with Crippen LogP contribution in [0.25, 0.3) is 0 Å². The maximum Gasteiger partial charge on any atom is 1.00 e. The van der Waals surface area contributed by atoms with Crippen molar-refractivity contribution in [3.05, 3.63) is 0 Å². The predicted octanol–water partition coefficient (Wildman–Crippen LogP) is 1.18. The molecule has 9 atom stereocenters. The molecule has 4 aliphatic rings. The number of aliphatic hydroxyl groups excluding tert-OH is 1. The zero-order valence-electron chi connectivity index (χ0n) is 18.6. The molecule has 0 bridgehead atoms. The first-order chi connectivity index (χ1) is 12.8. The zero-order chi connectivity index (χ0) is 19.4. The van der Waals surface area contributed by atoms with Gasteiger partial charge in [0.1, 0.15) is 0 Å². The topological polar surface area (TPSA) is 60.4 Å². The van der Waals surface area contributed by atoms with E-state index < -0.39 is 5.97 Å². The third kappa shape index (κ3) is 3.76. The second-order valence-corrected chi connectivity index (χ2v) is 11.2. The zero-order valence-corrected chi connectivity index (χ0v) is 20.6. The van der Waals surface area contributed by atoms with Crippen LogP contribution in [0.1, 0.15) is 91.4 Å². The molecule has 0 spiro atoms. The van der Waals surface area contributed by atoms with Gasteiger partial charge < -0.3 is 15.0 Å².